The van der Waals surface area contributed by atoms with Crippen LogP contribution < -0.4 is 10.1 Å². The Hall–Kier alpha value is -0.584. The Bertz CT molecular complexity index is 714. The molecule has 0 aromatic heterocycles. The summed E-state index contributed by atoms with van der Waals surface area (Å²) in [6, 6.07) is 7.33. The fourth-order valence-electron chi connectivity index (χ4n) is 3.17. The number of rotatable bonds is 5. The fourth-order valence-corrected chi connectivity index (χ4v) is 4.80. The van der Waals surface area contributed by atoms with Gasteiger partial charge >= 0.3 is 5.97 Å². The maximum absolute atomic E-state index is 12.4. The number of amides is 2. The monoisotopic (exact) mass is 403 g/mol. The van der Waals surface area contributed by atoms with Crippen LogP contribution in [0.5, 0.6) is 5.75 Å². The first-order valence-electron chi connectivity index (χ1n) is 7.97. The number of aliphatic carboxylic acids is 1. The number of hydrogen-bond donors (Lipinski definition) is 2. The minimum Gasteiger partial charge on any atom is -0.481 e. The number of carboxylic acid groups (broad SMARTS) is 1. The average Bonchev–Trinajstić information content (AvgIpc) is 2.81. The summed E-state index contributed by atoms with van der Waals surface area (Å²) in [6.45, 7) is 5.19. The molecule has 0 saturated carbocycles. The summed E-state index contributed by atoms with van der Waals surface area (Å²) in [5.74, 6) is -1.23. The number of carbonyl (C=O) groups excluding carboxylic acids is 2. The molecule has 2 aliphatic rings. The first-order chi connectivity index (χ1) is 11.7. The number of hydrogen-bond acceptors (Lipinski definition) is 5. The molecule has 2 amide bonds. The van der Waals surface area contributed by atoms with Crippen molar-refractivity contribution in [2.24, 2.45) is 0 Å². The third kappa shape index (κ3) is 3.97. The quantitative estimate of drug-likeness (QED) is 0.555. The van der Waals surface area contributed by atoms with E-state index in [1.807, 2.05) is 6.07 Å². The Kier molecular flexibility index (Phi) is 6.84. The molecule has 26 heavy (non-hydrogen) atoms. The molecule has 0 aliphatic carbocycles. The molecule has 0 unspecified atom stereocenters. The molecule has 4 atom stereocenters. The molecule has 2 heterocycles. The van der Waals surface area contributed by atoms with Crippen molar-refractivity contribution in [3.63, 3.8) is 0 Å². The van der Waals surface area contributed by atoms with Crippen molar-refractivity contribution in [1.29, 1.82) is 0 Å². The van der Waals surface area contributed by atoms with E-state index in [2.05, 4.69) is 5.32 Å². The smallest absolute Gasteiger partial charge is 0.327 e. The van der Waals surface area contributed by atoms with Gasteiger partial charge in [-0.25, -0.2) is 4.79 Å². The summed E-state index contributed by atoms with van der Waals surface area (Å²) in [4.78, 5) is 37.5. The van der Waals surface area contributed by atoms with E-state index >= 15 is 0 Å². The third-order valence-corrected chi connectivity index (χ3v) is 5.97. The zero-order valence-corrected chi connectivity index (χ0v) is 19.1. The van der Waals surface area contributed by atoms with E-state index < -0.39 is 34.8 Å². The molecule has 1 radical (unpaired) electrons. The standard InChI is InChI=1S/C17H20N2O5S.K/c1-9(24-10-7-5-4-6-8-10)13(20)18-11-14(21)19-12(16(22)23)17(2,3)25-15(11)19;/h4-9,11-12,15H,1-3H3,(H,18,20)(H,22,23);/t9-,11+,12-,15+;/m0./s1. The number of fused-ring (bicyclic) bond motifs is 1. The summed E-state index contributed by atoms with van der Waals surface area (Å²) in [6.07, 6.45) is -0.765. The van der Waals surface area contributed by atoms with Crippen LogP contribution in [0.4, 0.5) is 0 Å². The third-order valence-electron chi connectivity index (χ3n) is 4.40. The van der Waals surface area contributed by atoms with E-state index in [0.717, 1.165) is 0 Å². The van der Waals surface area contributed by atoms with Crippen LogP contribution in [0.25, 0.3) is 0 Å². The first-order valence-corrected chi connectivity index (χ1v) is 8.85. The van der Waals surface area contributed by atoms with E-state index in [9.17, 15) is 19.5 Å². The van der Waals surface area contributed by atoms with Crippen molar-refractivity contribution in [3.05, 3.63) is 30.3 Å². The van der Waals surface area contributed by atoms with Crippen molar-refractivity contribution in [3.8, 4) is 5.75 Å². The minimum atomic E-state index is -1.03. The SMILES string of the molecule is C[C@H](Oc1ccccc1)C(=O)N[C@@H]1C(=O)N2[C@@H]1SC(C)(C)[C@@H]2C(=O)O.[K]. The topological polar surface area (TPSA) is 95.9 Å². The normalized spacial score (nSPS) is 26.8. The number of thioether (sulfide) groups is 1. The molecular formula is C17H20KN2O5S. The van der Waals surface area contributed by atoms with Gasteiger partial charge in [-0.2, -0.15) is 0 Å². The zero-order chi connectivity index (χ0) is 18.4. The maximum Gasteiger partial charge on any atom is 0.327 e. The number of para-hydroxylation sites is 1. The maximum atomic E-state index is 12.4. The number of nitrogens with one attached hydrogen (secondary N) is 1. The summed E-state index contributed by atoms with van der Waals surface area (Å²) < 4.78 is 4.94. The van der Waals surface area contributed by atoms with E-state index in [1.54, 1.807) is 45.0 Å². The largest absolute Gasteiger partial charge is 0.481 e. The van der Waals surface area contributed by atoms with Gasteiger partial charge in [-0.05, 0) is 32.9 Å². The van der Waals surface area contributed by atoms with E-state index in [-0.39, 0.29) is 62.7 Å². The van der Waals surface area contributed by atoms with Crippen LogP contribution in [0.3, 0.4) is 0 Å². The second kappa shape index (κ2) is 8.20. The van der Waals surface area contributed by atoms with Crippen LogP contribution >= 0.6 is 11.8 Å². The van der Waals surface area contributed by atoms with E-state index in [4.69, 9.17) is 4.74 Å². The molecule has 0 bridgehead atoms. The van der Waals surface area contributed by atoms with Crippen LogP contribution in [0.2, 0.25) is 0 Å². The van der Waals surface area contributed by atoms with Crippen LogP contribution in [0, 0.1) is 0 Å². The number of benzene rings is 1. The van der Waals surface area contributed by atoms with Gasteiger partial charge in [-0.3, -0.25) is 9.59 Å². The number of carboxylic acids is 1. The van der Waals surface area contributed by atoms with Gasteiger partial charge in [0.1, 0.15) is 23.2 Å². The van der Waals surface area contributed by atoms with Crippen molar-refractivity contribution < 1.29 is 24.2 Å². The molecule has 2 saturated heterocycles. The summed E-state index contributed by atoms with van der Waals surface area (Å²) in [5, 5.41) is 11.7. The van der Waals surface area contributed by atoms with Gasteiger partial charge in [0, 0.05) is 56.1 Å². The number of ether oxygens (including phenoxy) is 1. The molecule has 1 aromatic rings. The van der Waals surface area contributed by atoms with Crippen LogP contribution in [-0.2, 0) is 14.4 Å². The summed E-state index contributed by atoms with van der Waals surface area (Å²) in [5.41, 5.74) is 0. The van der Waals surface area contributed by atoms with Gasteiger partial charge in [0.2, 0.25) is 5.91 Å². The molecule has 2 N–H and O–H groups in total. The van der Waals surface area contributed by atoms with Crippen molar-refractivity contribution in [2.75, 3.05) is 0 Å². The molecule has 2 fully saturated rings. The molecule has 0 spiro atoms. The molecule has 3 rings (SSSR count). The Morgan fingerprint density at radius 1 is 1.31 bits per heavy atom. The predicted molar refractivity (Wildman–Crippen MR) is 97.9 cm³/mol. The number of β-lactam (4-membered cyclic amide) rings is 1. The summed E-state index contributed by atoms with van der Waals surface area (Å²) >= 11 is 1.39. The van der Waals surface area contributed by atoms with Gasteiger partial charge in [0.05, 0.1) is 0 Å². The second-order valence-corrected chi connectivity index (χ2v) is 8.43. The molecule has 135 valence electrons. The summed E-state index contributed by atoms with van der Waals surface area (Å²) in [7, 11) is 0. The van der Waals surface area contributed by atoms with Gasteiger partial charge in [0.25, 0.3) is 5.91 Å². The van der Waals surface area contributed by atoms with Gasteiger partial charge in [-0.15, -0.1) is 11.8 Å². The zero-order valence-electron chi connectivity index (χ0n) is 15.1. The molecule has 1 aromatic carbocycles. The number of nitrogens with zero attached hydrogens (tertiary/aromatic N) is 1. The Morgan fingerprint density at radius 2 is 1.92 bits per heavy atom. The second-order valence-electron chi connectivity index (χ2n) is 6.66. The average molecular weight is 404 g/mol. The van der Waals surface area contributed by atoms with Crippen LogP contribution in [-0.4, -0.2) is 107 Å². The first kappa shape index (κ1) is 21.7. The van der Waals surface area contributed by atoms with Gasteiger partial charge < -0.3 is 20.1 Å². The number of carbonyl (C=O) groups is 3. The Labute approximate surface area is 198 Å². The Balaban J connectivity index is 0.00000243. The van der Waals surface area contributed by atoms with Crippen molar-refractivity contribution in [1.82, 2.24) is 10.2 Å². The van der Waals surface area contributed by atoms with E-state index in [1.165, 1.54) is 16.7 Å². The fraction of sp³-hybridized carbons (Fsp3) is 0.471. The van der Waals surface area contributed by atoms with Gasteiger partial charge in [-0.1, -0.05) is 18.2 Å². The molecule has 7 nitrogen and oxygen atoms in total. The molecular weight excluding hydrogens is 383 g/mol. The van der Waals surface area contributed by atoms with Gasteiger partial charge in [0.15, 0.2) is 6.10 Å². The minimum absolute atomic E-state index is 0. The van der Waals surface area contributed by atoms with Crippen LogP contribution in [0.15, 0.2) is 30.3 Å². The molecule has 2 aliphatic heterocycles. The van der Waals surface area contributed by atoms with Crippen molar-refractivity contribution in [2.45, 2.75) is 49.1 Å². The van der Waals surface area contributed by atoms with Crippen molar-refractivity contribution >= 4 is 80.9 Å². The Morgan fingerprint density at radius 3 is 2.50 bits per heavy atom. The van der Waals surface area contributed by atoms with E-state index in [0.29, 0.717) is 5.75 Å². The predicted octanol–water partition coefficient (Wildman–Crippen LogP) is 0.705. The molecule has 9 heteroatoms. The van der Waals surface area contributed by atoms with Crippen LogP contribution in [0.1, 0.15) is 20.8 Å².